The third-order valence-electron chi connectivity index (χ3n) is 7.72. The molecule has 16 nitrogen and oxygen atoms in total. The van der Waals surface area contributed by atoms with Crippen LogP contribution in [0, 0.1) is 10.1 Å². The zero-order valence-corrected chi connectivity index (χ0v) is 34.2. The minimum atomic E-state index is -0.645. The lowest BCUT2D eigenvalue weighted by molar-refractivity contribution is -0.384. The molecule has 58 heavy (non-hydrogen) atoms. The monoisotopic (exact) mass is 821 g/mol. The fourth-order valence-corrected chi connectivity index (χ4v) is 4.65. The fourth-order valence-electron chi connectivity index (χ4n) is 4.65. The number of esters is 2. The molecular formula is C41H52ClN7O9. The third kappa shape index (κ3) is 18.1. The van der Waals surface area contributed by atoms with Crippen LogP contribution in [0.2, 0.25) is 0 Å². The lowest BCUT2D eigenvalue weighted by Crippen LogP contribution is -2.21. The number of nitro benzene ring substituents is 1. The quantitative estimate of drug-likeness (QED) is 0.0703. The standard InChI is InChI=1S/C16H11N3O4.C15H16N2O3.C6H15N.C4H9NO2.ClH/c20-16(23-14-8-6-13(7-9-14)19(21)22)18-10-15(17-11-18)12-4-2-1-3-5-12;1-2-20-15(19)9-8-14(18)17-10-13(16-11-17)12-6-4-3-5-7-12;1-4-7(5-2)6-3;1-2-7-4(6)3-5;/h1-11H;3-7,10-11H,2,8-9H2,1H3;4-6H2,1-3H3;2-3,5H2,1H3;1H. The Labute approximate surface area is 344 Å². The Balaban J connectivity index is 0.000000436. The van der Waals surface area contributed by atoms with Gasteiger partial charge < -0.3 is 24.8 Å². The Kier molecular flexibility index (Phi) is 24.2. The van der Waals surface area contributed by atoms with Gasteiger partial charge in [0.2, 0.25) is 5.91 Å². The van der Waals surface area contributed by atoms with Crippen molar-refractivity contribution in [1.29, 1.82) is 0 Å². The maximum atomic E-state index is 12.0. The smallest absolute Gasteiger partial charge is 0.424 e. The van der Waals surface area contributed by atoms with E-state index in [0.717, 1.165) is 16.8 Å². The summed E-state index contributed by atoms with van der Waals surface area (Å²) in [5.74, 6) is -0.657. The number of nitrogens with two attached hydrogens (primary N) is 1. The van der Waals surface area contributed by atoms with E-state index in [4.69, 9.17) is 15.2 Å². The molecule has 2 heterocycles. The number of hydrogen-bond acceptors (Lipinski definition) is 13. The summed E-state index contributed by atoms with van der Waals surface area (Å²) in [4.78, 5) is 66.0. The van der Waals surface area contributed by atoms with Crippen LogP contribution in [-0.4, -0.2) is 92.3 Å². The van der Waals surface area contributed by atoms with Gasteiger partial charge >= 0.3 is 18.0 Å². The summed E-state index contributed by atoms with van der Waals surface area (Å²) in [6, 6.07) is 24.3. The van der Waals surface area contributed by atoms with Crippen LogP contribution in [0.4, 0.5) is 10.5 Å². The average molecular weight is 822 g/mol. The summed E-state index contributed by atoms with van der Waals surface area (Å²) in [7, 11) is 0. The summed E-state index contributed by atoms with van der Waals surface area (Å²) in [6.07, 6.45) is 5.61. The van der Waals surface area contributed by atoms with Crippen molar-refractivity contribution in [2.24, 2.45) is 5.73 Å². The predicted octanol–water partition coefficient (Wildman–Crippen LogP) is 7.32. The predicted molar refractivity (Wildman–Crippen MR) is 223 cm³/mol. The second-order valence-corrected chi connectivity index (χ2v) is 11.5. The number of ether oxygens (including phenoxy) is 3. The molecule has 0 fully saturated rings. The molecule has 312 valence electrons. The van der Waals surface area contributed by atoms with Crippen LogP contribution in [0.25, 0.3) is 22.5 Å². The molecule has 2 N–H and O–H groups in total. The number of nitro groups is 1. The molecule has 0 spiro atoms. The number of halogens is 1. The largest absolute Gasteiger partial charge is 0.466 e. The minimum Gasteiger partial charge on any atom is -0.466 e. The second-order valence-electron chi connectivity index (χ2n) is 11.5. The SMILES string of the molecule is CCN(CC)CC.CCOC(=O)CCC(=O)n1cnc(-c2ccccc2)c1.CCOC(=O)CN.Cl.O=C(Oc1ccc([N+](=O)[O-])cc1)n1cnc(-c2ccccc2)c1. The van der Waals surface area contributed by atoms with Crippen LogP contribution in [-0.2, 0) is 19.1 Å². The van der Waals surface area contributed by atoms with Gasteiger partial charge in [-0.05, 0) is 45.6 Å². The molecular weight excluding hydrogens is 770 g/mol. The molecule has 0 saturated carbocycles. The van der Waals surface area contributed by atoms with Crippen molar-refractivity contribution in [3.63, 3.8) is 0 Å². The Morgan fingerprint density at radius 3 is 1.57 bits per heavy atom. The van der Waals surface area contributed by atoms with E-state index in [1.165, 1.54) is 65.7 Å². The van der Waals surface area contributed by atoms with Gasteiger partial charge in [0.15, 0.2) is 0 Å². The maximum absolute atomic E-state index is 12.0. The van der Waals surface area contributed by atoms with Crippen LogP contribution in [0.15, 0.2) is 110 Å². The molecule has 0 aliphatic rings. The van der Waals surface area contributed by atoms with Gasteiger partial charge in [0.05, 0.1) is 42.5 Å². The van der Waals surface area contributed by atoms with Crippen molar-refractivity contribution < 1.29 is 38.3 Å². The summed E-state index contributed by atoms with van der Waals surface area (Å²) < 4.78 is 17.0. The average Bonchev–Trinajstić information content (AvgIpc) is 3.95. The van der Waals surface area contributed by atoms with E-state index in [1.807, 2.05) is 60.7 Å². The molecule has 0 amide bonds. The van der Waals surface area contributed by atoms with Crippen LogP contribution in [0.5, 0.6) is 5.75 Å². The molecule has 0 aliphatic carbocycles. The maximum Gasteiger partial charge on any atom is 0.424 e. The summed E-state index contributed by atoms with van der Waals surface area (Å²) in [5.41, 5.74) is 8.02. The number of hydrogen-bond donors (Lipinski definition) is 1. The first kappa shape index (κ1) is 49.8. The first-order valence-corrected chi connectivity index (χ1v) is 18.4. The zero-order valence-electron chi connectivity index (χ0n) is 33.4. The highest BCUT2D eigenvalue weighted by atomic mass is 35.5. The Morgan fingerprint density at radius 2 is 1.16 bits per heavy atom. The topological polar surface area (TPSA) is 204 Å². The van der Waals surface area contributed by atoms with Crippen molar-refractivity contribution in [2.45, 2.75) is 47.5 Å². The van der Waals surface area contributed by atoms with Crippen molar-refractivity contribution in [2.75, 3.05) is 39.4 Å². The minimum absolute atomic E-state index is 0. The summed E-state index contributed by atoms with van der Waals surface area (Å²) >= 11 is 0. The first-order chi connectivity index (χ1) is 27.5. The first-order valence-electron chi connectivity index (χ1n) is 18.4. The number of carbonyl (C=O) groups excluding carboxylic acids is 4. The molecule has 3 aromatic carbocycles. The third-order valence-corrected chi connectivity index (χ3v) is 7.72. The molecule has 5 aromatic rings. The van der Waals surface area contributed by atoms with Crippen molar-refractivity contribution >= 4 is 42.0 Å². The number of benzene rings is 3. The fraction of sp³-hybridized carbons (Fsp3) is 0.317. The zero-order chi connectivity index (χ0) is 42.0. The van der Waals surface area contributed by atoms with E-state index in [0.29, 0.717) is 18.9 Å². The molecule has 0 radical (unpaired) electrons. The van der Waals surface area contributed by atoms with Crippen LogP contribution in [0.3, 0.4) is 0 Å². The second kappa shape index (κ2) is 28.2. The Hall–Kier alpha value is -6.23. The lowest BCUT2D eigenvalue weighted by Gasteiger charge is -2.13. The van der Waals surface area contributed by atoms with Gasteiger partial charge in [0.25, 0.3) is 5.69 Å². The number of non-ortho nitro benzene ring substituents is 1. The van der Waals surface area contributed by atoms with Gasteiger partial charge in [0.1, 0.15) is 18.4 Å². The van der Waals surface area contributed by atoms with E-state index in [1.54, 1.807) is 26.2 Å². The van der Waals surface area contributed by atoms with E-state index in [-0.39, 0.29) is 61.1 Å². The Morgan fingerprint density at radius 1 is 0.690 bits per heavy atom. The number of nitrogens with zero attached hydrogens (tertiary/aromatic N) is 6. The Bertz CT molecular complexity index is 1950. The van der Waals surface area contributed by atoms with Gasteiger partial charge in [-0.1, -0.05) is 81.4 Å². The number of rotatable bonds is 13. The van der Waals surface area contributed by atoms with Gasteiger partial charge in [-0.25, -0.2) is 19.3 Å². The van der Waals surface area contributed by atoms with E-state index in [2.05, 4.69) is 40.4 Å². The number of imidazole rings is 2. The van der Waals surface area contributed by atoms with Gasteiger partial charge in [-0.3, -0.25) is 29.1 Å². The van der Waals surface area contributed by atoms with Gasteiger partial charge in [0, 0.05) is 42.1 Å². The van der Waals surface area contributed by atoms with E-state index < -0.39 is 11.0 Å². The highest BCUT2D eigenvalue weighted by Gasteiger charge is 2.13. The van der Waals surface area contributed by atoms with Crippen molar-refractivity contribution in [3.05, 3.63) is 120 Å². The lowest BCUT2D eigenvalue weighted by atomic mass is 10.2. The van der Waals surface area contributed by atoms with Crippen LogP contribution < -0.4 is 10.5 Å². The summed E-state index contributed by atoms with van der Waals surface area (Å²) in [5, 5.41) is 10.6. The summed E-state index contributed by atoms with van der Waals surface area (Å²) in [6.45, 7) is 14.3. The molecule has 0 saturated heterocycles. The molecule has 0 unspecified atom stereocenters. The van der Waals surface area contributed by atoms with Crippen LogP contribution in [0.1, 0.15) is 52.3 Å². The van der Waals surface area contributed by atoms with Crippen LogP contribution >= 0.6 is 12.4 Å². The van der Waals surface area contributed by atoms with Gasteiger partial charge in [-0.2, -0.15) is 0 Å². The molecule has 17 heteroatoms. The normalized spacial score (nSPS) is 9.84. The van der Waals surface area contributed by atoms with Crippen molar-refractivity contribution in [3.8, 4) is 28.3 Å². The van der Waals surface area contributed by atoms with E-state index >= 15 is 0 Å². The highest BCUT2D eigenvalue weighted by Crippen LogP contribution is 2.20. The van der Waals surface area contributed by atoms with Gasteiger partial charge in [-0.15, -0.1) is 12.4 Å². The van der Waals surface area contributed by atoms with Crippen molar-refractivity contribution in [1.82, 2.24) is 24.0 Å². The molecule has 0 bridgehead atoms. The molecule has 0 aliphatic heterocycles. The molecule has 0 atom stereocenters. The molecule has 5 rings (SSSR count). The van der Waals surface area contributed by atoms with E-state index in [9.17, 15) is 29.3 Å². The number of carbonyl (C=O) groups is 4. The molecule has 2 aromatic heterocycles. The number of aromatic nitrogens is 4. The highest BCUT2D eigenvalue weighted by molar-refractivity contribution is 5.85.